The van der Waals surface area contributed by atoms with Crippen molar-refractivity contribution in [3.63, 3.8) is 0 Å². The van der Waals surface area contributed by atoms with Gasteiger partial charge in [-0.25, -0.2) is 4.79 Å². The predicted molar refractivity (Wildman–Crippen MR) is 57.2 cm³/mol. The second-order valence-electron chi connectivity index (χ2n) is 3.79. The minimum Gasteiger partial charge on any atom is -0.480 e. The van der Waals surface area contributed by atoms with Crippen molar-refractivity contribution >= 4 is 5.97 Å². The number of hydrogen-bond donors (Lipinski definition) is 4. The van der Waals surface area contributed by atoms with Gasteiger partial charge in [-0.15, -0.1) is 0 Å². The van der Waals surface area contributed by atoms with Gasteiger partial charge in [0.2, 0.25) is 0 Å². The molecule has 7 heteroatoms. The van der Waals surface area contributed by atoms with E-state index in [9.17, 15) is 15.0 Å². The van der Waals surface area contributed by atoms with Crippen LogP contribution in [-0.2, 0) is 4.79 Å². The lowest BCUT2D eigenvalue weighted by Gasteiger charge is -2.15. The highest BCUT2D eigenvalue weighted by Crippen LogP contribution is 2.19. The smallest absolute Gasteiger partial charge is 0.328 e. The van der Waals surface area contributed by atoms with Crippen LogP contribution in [-0.4, -0.2) is 48.9 Å². The maximum Gasteiger partial charge on any atom is 0.328 e. The summed E-state index contributed by atoms with van der Waals surface area (Å²) >= 11 is 0. The van der Waals surface area contributed by atoms with Gasteiger partial charge in [0, 0.05) is 18.4 Å². The van der Waals surface area contributed by atoms with E-state index in [0.29, 0.717) is 5.56 Å². The average Bonchev–Trinajstić information content (AvgIpc) is 2.76. The predicted octanol–water partition coefficient (Wildman–Crippen LogP) is -0.695. The summed E-state index contributed by atoms with van der Waals surface area (Å²) < 4.78 is 1.19. The van der Waals surface area contributed by atoms with Gasteiger partial charge in [-0.05, 0) is 13.3 Å². The number of nitrogens with zero attached hydrogens (tertiary/aromatic N) is 2. The first-order valence-electron chi connectivity index (χ1n) is 5.21. The third kappa shape index (κ3) is 3.26. The zero-order valence-electron chi connectivity index (χ0n) is 9.39. The minimum atomic E-state index is -1.18. The van der Waals surface area contributed by atoms with Crippen LogP contribution >= 0.6 is 0 Å². The number of hydrogen-bond acceptors (Lipinski definition) is 5. The van der Waals surface area contributed by atoms with Crippen LogP contribution in [0.5, 0.6) is 0 Å². The molecule has 1 heterocycles. The number of rotatable bonds is 6. The molecule has 0 saturated heterocycles. The zero-order valence-corrected chi connectivity index (χ0v) is 9.39. The Morgan fingerprint density at radius 2 is 2.18 bits per heavy atom. The SMILES string of the molecule is C[C@@H](C(=O)O)n1cc(C(O)C(O)CCO)cn1. The van der Waals surface area contributed by atoms with E-state index in [1.807, 2.05) is 0 Å². The number of carboxylic acid groups (broad SMARTS) is 1. The van der Waals surface area contributed by atoms with Gasteiger partial charge >= 0.3 is 5.97 Å². The fourth-order valence-electron chi connectivity index (χ4n) is 1.34. The molecule has 2 unspecified atom stereocenters. The highest BCUT2D eigenvalue weighted by atomic mass is 16.4. The van der Waals surface area contributed by atoms with Crippen molar-refractivity contribution in [2.75, 3.05) is 6.61 Å². The van der Waals surface area contributed by atoms with Crippen molar-refractivity contribution in [3.05, 3.63) is 18.0 Å². The van der Waals surface area contributed by atoms with Crippen LogP contribution in [0.2, 0.25) is 0 Å². The van der Waals surface area contributed by atoms with Gasteiger partial charge in [0.05, 0.1) is 12.3 Å². The summed E-state index contributed by atoms with van der Waals surface area (Å²) in [6.07, 6.45) is 0.421. The lowest BCUT2D eigenvalue weighted by molar-refractivity contribution is -0.140. The molecule has 96 valence electrons. The molecule has 0 spiro atoms. The number of aliphatic carboxylic acids is 1. The summed E-state index contributed by atoms with van der Waals surface area (Å²) in [6, 6.07) is -0.842. The lowest BCUT2D eigenvalue weighted by Crippen LogP contribution is -2.19. The molecular formula is C10H16N2O5. The molecule has 0 radical (unpaired) electrons. The maximum absolute atomic E-state index is 10.7. The third-order valence-corrected chi connectivity index (χ3v) is 2.51. The average molecular weight is 244 g/mol. The molecule has 0 aliphatic rings. The number of aliphatic hydroxyl groups excluding tert-OH is 3. The molecule has 0 amide bonds. The van der Waals surface area contributed by atoms with Crippen molar-refractivity contribution in [1.82, 2.24) is 9.78 Å². The van der Waals surface area contributed by atoms with Crippen LogP contribution in [0.25, 0.3) is 0 Å². The normalized spacial score (nSPS) is 16.5. The van der Waals surface area contributed by atoms with Crippen LogP contribution < -0.4 is 0 Å². The van der Waals surface area contributed by atoms with E-state index in [-0.39, 0.29) is 13.0 Å². The second kappa shape index (κ2) is 5.76. The molecule has 1 rings (SSSR count). The van der Waals surface area contributed by atoms with E-state index in [0.717, 1.165) is 0 Å². The number of aliphatic hydroxyl groups is 3. The summed E-state index contributed by atoms with van der Waals surface area (Å²) in [5.74, 6) is -1.04. The van der Waals surface area contributed by atoms with Gasteiger partial charge in [0.1, 0.15) is 12.1 Å². The summed E-state index contributed by atoms with van der Waals surface area (Å²) in [4.78, 5) is 10.7. The first kappa shape index (κ1) is 13.6. The molecule has 1 aromatic rings. The summed E-state index contributed by atoms with van der Waals surface area (Å²) in [7, 11) is 0. The first-order valence-corrected chi connectivity index (χ1v) is 5.21. The van der Waals surface area contributed by atoms with Crippen molar-refractivity contribution in [3.8, 4) is 0 Å². The fourth-order valence-corrected chi connectivity index (χ4v) is 1.34. The highest BCUT2D eigenvalue weighted by molar-refractivity contribution is 5.71. The largest absolute Gasteiger partial charge is 0.480 e. The molecule has 17 heavy (non-hydrogen) atoms. The molecule has 0 bridgehead atoms. The third-order valence-electron chi connectivity index (χ3n) is 2.51. The summed E-state index contributed by atoms with van der Waals surface area (Å²) in [6.45, 7) is 1.22. The Labute approximate surface area is 97.9 Å². The topological polar surface area (TPSA) is 116 Å². The van der Waals surface area contributed by atoms with E-state index >= 15 is 0 Å². The molecule has 1 aromatic heterocycles. The van der Waals surface area contributed by atoms with Crippen LogP contribution in [0.3, 0.4) is 0 Å². The Morgan fingerprint density at radius 1 is 1.53 bits per heavy atom. The van der Waals surface area contributed by atoms with Gasteiger partial charge in [-0.1, -0.05) is 0 Å². The molecule has 3 atom stereocenters. The van der Waals surface area contributed by atoms with Crippen LogP contribution in [0, 0.1) is 0 Å². The maximum atomic E-state index is 10.7. The number of carbonyl (C=O) groups is 1. The van der Waals surface area contributed by atoms with Crippen molar-refractivity contribution in [2.45, 2.75) is 31.6 Å². The molecular weight excluding hydrogens is 228 g/mol. The standard InChI is InChI=1S/C10H16N2O5/c1-6(10(16)17)12-5-7(4-11-12)9(15)8(14)2-3-13/h4-6,8-9,13-15H,2-3H2,1H3,(H,16,17)/t6-,8?,9?/m0/s1. The Bertz CT molecular complexity index is 379. The highest BCUT2D eigenvalue weighted by Gasteiger charge is 2.21. The zero-order chi connectivity index (χ0) is 13.0. The fraction of sp³-hybridized carbons (Fsp3) is 0.600. The molecule has 7 nitrogen and oxygen atoms in total. The number of aromatic nitrogens is 2. The molecule has 4 N–H and O–H groups in total. The quantitative estimate of drug-likeness (QED) is 0.526. The Kier molecular flexibility index (Phi) is 4.62. The van der Waals surface area contributed by atoms with Crippen LogP contribution in [0.4, 0.5) is 0 Å². The van der Waals surface area contributed by atoms with Crippen LogP contribution in [0.15, 0.2) is 12.4 Å². The van der Waals surface area contributed by atoms with E-state index in [4.69, 9.17) is 10.2 Å². The van der Waals surface area contributed by atoms with Gasteiger partial charge in [-0.2, -0.15) is 5.10 Å². The van der Waals surface area contributed by atoms with Gasteiger partial charge in [-0.3, -0.25) is 4.68 Å². The van der Waals surface area contributed by atoms with Crippen LogP contribution in [0.1, 0.15) is 31.1 Å². The minimum absolute atomic E-state index is 0.0425. The van der Waals surface area contributed by atoms with Gasteiger partial charge in [0.15, 0.2) is 0 Å². The molecule has 0 aliphatic carbocycles. The van der Waals surface area contributed by atoms with Gasteiger partial charge in [0.25, 0.3) is 0 Å². The second-order valence-corrected chi connectivity index (χ2v) is 3.79. The summed E-state index contributed by atoms with van der Waals surface area (Å²) in [5.41, 5.74) is 0.319. The van der Waals surface area contributed by atoms with Crippen molar-refractivity contribution in [2.24, 2.45) is 0 Å². The van der Waals surface area contributed by atoms with Crippen molar-refractivity contribution < 1.29 is 25.2 Å². The Hall–Kier alpha value is -1.44. The van der Waals surface area contributed by atoms with Gasteiger partial charge < -0.3 is 20.4 Å². The Morgan fingerprint density at radius 3 is 2.71 bits per heavy atom. The van der Waals surface area contributed by atoms with E-state index in [1.165, 1.54) is 24.0 Å². The first-order chi connectivity index (χ1) is 7.97. The van der Waals surface area contributed by atoms with E-state index in [2.05, 4.69) is 5.10 Å². The summed E-state index contributed by atoms with van der Waals surface area (Å²) in [5, 5.41) is 40.4. The Balaban J connectivity index is 2.77. The molecule has 0 aromatic carbocycles. The number of carboxylic acids is 1. The monoisotopic (exact) mass is 244 g/mol. The molecule has 0 aliphatic heterocycles. The van der Waals surface area contributed by atoms with E-state index in [1.54, 1.807) is 0 Å². The molecule has 0 fully saturated rings. The van der Waals surface area contributed by atoms with E-state index < -0.39 is 24.2 Å². The molecule has 0 saturated carbocycles. The lowest BCUT2D eigenvalue weighted by atomic mass is 10.1. The van der Waals surface area contributed by atoms with Crippen molar-refractivity contribution in [1.29, 1.82) is 0 Å².